The molecule has 32 heavy (non-hydrogen) atoms. The van der Waals surface area contributed by atoms with E-state index in [4.69, 9.17) is 18.7 Å². The summed E-state index contributed by atoms with van der Waals surface area (Å²) in [5.74, 6) is 1.72. The normalized spacial score (nSPS) is 15.5. The molecule has 1 N–H and O–H groups in total. The van der Waals surface area contributed by atoms with E-state index in [0.29, 0.717) is 36.0 Å². The molecule has 1 aliphatic heterocycles. The minimum Gasteiger partial charge on any atom is -0.489 e. The third kappa shape index (κ3) is 5.29. The number of anilines is 1. The van der Waals surface area contributed by atoms with Crippen molar-refractivity contribution < 1.29 is 23.5 Å². The van der Waals surface area contributed by atoms with Crippen LogP contribution in [0.2, 0.25) is 0 Å². The zero-order valence-corrected chi connectivity index (χ0v) is 18.6. The smallest absolute Gasteiger partial charge is 0.255 e. The molecular weight excluding hydrogens is 408 g/mol. The molecule has 1 aromatic heterocycles. The van der Waals surface area contributed by atoms with E-state index in [2.05, 4.69) is 10.5 Å². The highest BCUT2D eigenvalue weighted by atomic mass is 16.5. The van der Waals surface area contributed by atoms with Gasteiger partial charge in [0, 0.05) is 12.2 Å². The van der Waals surface area contributed by atoms with Crippen LogP contribution in [0, 0.1) is 20.8 Å². The molecule has 7 nitrogen and oxygen atoms in total. The molecule has 7 heteroatoms. The Morgan fingerprint density at radius 3 is 2.78 bits per heavy atom. The Labute approximate surface area is 187 Å². The number of aryl methyl sites for hydroxylation is 3. The molecule has 0 saturated carbocycles. The first-order valence-electron chi connectivity index (χ1n) is 10.8. The van der Waals surface area contributed by atoms with Gasteiger partial charge in [-0.05, 0) is 69.5 Å². The Morgan fingerprint density at radius 2 is 2.03 bits per heavy atom. The van der Waals surface area contributed by atoms with E-state index in [1.165, 1.54) is 0 Å². The molecule has 0 spiro atoms. The summed E-state index contributed by atoms with van der Waals surface area (Å²) < 4.78 is 22.7. The van der Waals surface area contributed by atoms with Crippen molar-refractivity contribution in [3.8, 4) is 11.5 Å². The van der Waals surface area contributed by atoms with Crippen LogP contribution in [0.5, 0.6) is 11.5 Å². The maximum Gasteiger partial charge on any atom is 0.255 e. The van der Waals surface area contributed by atoms with Crippen molar-refractivity contribution in [2.45, 2.75) is 46.3 Å². The molecule has 1 amide bonds. The lowest BCUT2D eigenvalue weighted by atomic mass is 10.1. The molecule has 3 aromatic rings. The highest BCUT2D eigenvalue weighted by Gasteiger charge is 2.18. The van der Waals surface area contributed by atoms with E-state index in [9.17, 15) is 4.79 Å². The molecule has 1 unspecified atom stereocenters. The van der Waals surface area contributed by atoms with E-state index >= 15 is 0 Å². The van der Waals surface area contributed by atoms with Crippen molar-refractivity contribution >= 4 is 11.6 Å². The third-order valence-corrected chi connectivity index (χ3v) is 5.49. The first-order valence-corrected chi connectivity index (χ1v) is 10.8. The second kappa shape index (κ2) is 9.87. The SMILES string of the molecule is Cc1ccc(NC(=O)c2cccc(OCc3c(C)noc3C)c2)c(OCC2CCCO2)c1. The Kier molecular flexibility index (Phi) is 6.75. The Balaban J connectivity index is 1.43. The number of rotatable bonds is 8. The summed E-state index contributed by atoms with van der Waals surface area (Å²) in [6.07, 6.45) is 2.15. The van der Waals surface area contributed by atoms with Crippen LogP contribution in [-0.4, -0.2) is 30.4 Å². The minimum atomic E-state index is -0.237. The number of aromatic nitrogens is 1. The summed E-state index contributed by atoms with van der Waals surface area (Å²) in [5.41, 5.74) is 3.88. The summed E-state index contributed by atoms with van der Waals surface area (Å²) in [5, 5.41) is 6.90. The largest absolute Gasteiger partial charge is 0.489 e. The van der Waals surface area contributed by atoms with Gasteiger partial charge < -0.3 is 24.1 Å². The number of nitrogens with one attached hydrogen (secondary N) is 1. The van der Waals surface area contributed by atoms with Crippen molar-refractivity contribution in [3.05, 3.63) is 70.6 Å². The molecule has 4 rings (SSSR count). The fourth-order valence-corrected chi connectivity index (χ4v) is 3.60. The Bertz CT molecular complexity index is 1070. The predicted molar refractivity (Wildman–Crippen MR) is 120 cm³/mol. The number of benzene rings is 2. The lowest BCUT2D eigenvalue weighted by Gasteiger charge is -2.16. The second-order valence-corrected chi connectivity index (χ2v) is 8.02. The quantitative estimate of drug-likeness (QED) is 0.536. The third-order valence-electron chi connectivity index (χ3n) is 5.49. The highest BCUT2D eigenvalue weighted by Crippen LogP contribution is 2.28. The number of nitrogens with zero attached hydrogens (tertiary/aromatic N) is 1. The van der Waals surface area contributed by atoms with E-state index in [1.54, 1.807) is 18.2 Å². The number of hydrogen-bond acceptors (Lipinski definition) is 6. The molecule has 2 aromatic carbocycles. The zero-order chi connectivity index (χ0) is 22.5. The van der Waals surface area contributed by atoms with Gasteiger partial charge in [-0.1, -0.05) is 17.3 Å². The maximum atomic E-state index is 12.9. The number of amides is 1. The zero-order valence-electron chi connectivity index (χ0n) is 18.6. The lowest BCUT2D eigenvalue weighted by Crippen LogP contribution is -2.18. The van der Waals surface area contributed by atoms with Crippen LogP contribution in [0.1, 0.15) is 45.8 Å². The van der Waals surface area contributed by atoms with Crippen LogP contribution in [-0.2, 0) is 11.3 Å². The van der Waals surface area contributed by atoms with Gasteiger partial charge in [-0.15, -0.1) is 0 Å². The standard InChI is InChI=1S/C25H28N2O5/c1-16-9-10-23(24(12-16)31-14-21-8-5-11-29-21)26-25(28)19-6-4-7-20(13-19)30-15-22-17(2)27-32-18(22)3/h4,6-7,9-10,12-13,21H,5,8,11,14-15H2,1-3H3,(H,26,28). The average Bonchev–Trinajstić information content (AvgIpc) is 3.42. The van der Waals surface area contributed by atoms with Gasteiger partial charge in [-0.2, -0.15) is 0 Å². The van der Waals surface area contributed by atoms with Crippen molar-refractivity contribution in [3.63, 3.8) is 0 Å². The summed E-state index contributed by atoms with van der Waals surface area (Å²) in [6, 6.07) is 12.8. The molecule has 1 fully saturated rings. The van der Waals surface area contributed by atoms with Gasteiger partial charge in [-0.3, -0.25) is 4.79 Å². The first kappa shape index (κ1) is 21.9. The number of carbonyl (C=O) groups excluding carboxylic acids is 1. The summed E-state index contributed by atoms with van der Waals surface area (Å²) in [7, 11) is 0. The van der Waals surface area contributed by atoms with E-state index in [-0.39, 0.29) is 12.0 Å². The van der Waals surface area contributed by atoms with Gasteiger partial charge in [-0.25, -0.2) is 0 Å². The van der Waals surface area contributed by atoms with Gasteiger partial charge in [0.15, 0.2) is 0 Å². The predicted octanol–water partition coefficient (Wildman–Crippen LogP) is 4.99. The molecule has 1 aliphatic rings. The number of ether oxygens (including phenoxy) is 3. The van der Waals surface area contributed by atoms with Crippen LogP contribution in [0.15, 0.2) is 47.0 Å². The van der Waals surface area contributed by atoms with Crippen LogP contribution in [0.25, 0.3) is 0 Å². The fourth-order valence-electron chi connectivity index (χ4n) is 3.60. The molecule has 168 valence electrons. The Hall–Kier alpha value is -3.32. The van der Waals surface area contributed by atoms with Crippen molar-refractivity contribution in [2.24, 2.45) is 0 Å². The van der Waals surface area contributed by atoms with Crippen LogP contribution >= 0.6 is 0 Å². The lowest BCUT2D eigenvalue weighted by molar-refractivity contribution is 0.0681. The summed E-state index contributed by atoms with van der Waals surface area (Å²) >= 11 is 0. The monoisotopic (exact) mass is 436 g/mol. The summed E-state index contributed by atoms with van der Waals surface area (Å²) in [4.78, 5) is 12.9. The fraction of sp³-hybridized carbons (Fsp3) is 0.360. The van der Waals surface area contributed by atoms with Gasteiger partial charge in [0.2, 0.25) is 0 Å². The molecule has 2 heterocycles. The van der Waals surface area contributed by atoms with Crippen LogP contribution < -0.4 is 14.8 Å². The average molecular weight is 437 g/mol. The molecule has 1 saturated heterocycles. The van der Waals surface area contributed by atoms with Gasteiger partial charge >= 0.3 is 0 Å². The van der Waals surface area contributed by atoms with E-state index in [1.807, 2.05) is 45.0 Å². The molecule has 0 radical (unpaired) electrons. The molecule has 0 bridgehead atoms. The van der Waals surface area contributed by atoms with Gasteiger partial charge in [0.25, 0.3) is 5.91 Å². The van der Waals surface area contributed by atoms with E-state index < -0.39 is 0 Å². The highest BCUT2D eigenvalue weighted by molar-refractivity contribution is 6.05. The second-order valence-electron chi connectivity index (χ2n) is 8.02. The topological polar surface area (TPSA) is 82.8 Å². The summed E-state index contributed by atoms with van der Waals surface area (Å²) in [6.45, 7) is 7.29. The van der Waals surface area contributed by atoms with Crippen molar-refractivity contribution in [2.75, 3.05) is 18.5 Å². The van der Waals surface area contributed by atoms with Crippen LogP contribution in [0.3, 0.4) is 0 Å². The minimum absolute atomic E-state index is 0.102. The first-order chi connectivity index (χ1) is 15.5. The van der Waals surface area contributed by atoms with Gasteiger partial charge in [0.1, 0.15) is 30.5 Å². The molecule has 0 aliphatic carbocycles. The molecular formula is C25H28N2O5. The molecule has 1 atom stereocenters. The van der Waals surface area contributed by atoms with Crippen molar-refractivity contribution in [1.29, 1.82) is 0 Å². The number of carbonyl (C=O) groups is 1. The maximum absolute atomic E-state index is 12.9. The van der Waals surface area contributed by atoms with E-state index in [0.717, 1.165) is 42.0 Å². The van der Waals surface area contributed by atoms with Crippen molar-refractivity contribution in [1.82, 2.24) is 5.16 Å². The Morgan fingerprint density at radius 1 is 1.16 bits per heavy atom. The van der Waals surface area contributed by atoms with Crippen LogP contribution in [0.4, 0.5) is 5.69 Å². The van der Waals surface area contributed by atoms with Gasteiger partial charge in [0.05, 0.1) is 23.0 Å². The number of hydrogen-bond donors (Lipinski definition) is 1.